The number of thioether (sulfide) groups is 1. The molecule has 0 aliphatic carbocycles. The highest BCUT2D eigenvalue weighted by Gasteiger charge is 2.17. The zero-order valence-electron chi connectivity index (χ0n) is 15.7. The van der Waals surface area contributed by atoms with Gasteiger partial charge in [-0.2, -0.15) is 4.98 Å². The molecule has 2 aromatic heterocycles. The van der Waals surface area contributed by atoms with Crippen LogP contribution in [0.4, 0.5) is 5.82 Å². The highest BCUT2D eigenvalue weighted by molar-refractivity contribution is 7.99. The van der Waals surface area contributed by atoms with Crippen molar-refractivity contribution in [1.82, 2.24) is 29.7 Å². The van der Waals surface area contributed by atoms with E-state index in [-0.39, 0.29) is 6.01 Å². The van der Waals surface area contributed by atoms with Crippen LogP contribution in [0.5, 0.6) is 6.01 Å². The monoisotopic (exact) mass is 399 g/mol. The lowest BCUT2D eigenvalue weighted by molar-refractivity contribution is 0.242. The molecule has 0 amide bonds. The Labute approximate surface area is 168 Å². The lowest BCUT2D eigenvalue weighted by Crippen LogP contribution is -2.43. The zero-order valence-corrected chi connectivity index (χ0v) is 16.5. The minimum atomic E-state index is -0.0966. The van der Waals surface area contributed by atoms with E-state index in [1.807, 2.05) is 30.3 Å². The summed E-state index contributed by atoms with van der Waals surface area (Å²) < 4.78 is 1.67. The smallest absolute Gasteiger partial charge is 0.296 e. The largest absolute Gasteiger partial charge is 0.480 e. The SMILES string of the molecule is Nc1nc(SCCCN2CCNCC2)nc2c1nc(O)n2Cc1ccccc1. The number of anilines is 1. The van der Waals surface area contributed by atoms with Crippen LogP contribution in [0.2, 0.25) is 0 Å². The molecule has 1 saturated heterocycles. The summed E-state index contributed by atoms with van der Waals surface area (Å²) in [5, 5.41) is 14.3. The number of aromatic hydroxyl groups is 1. The Morgan fingerprint density at radius 2 is 1.89 bits per heavy atom. The molecule has 1 aliphatic rings. The van der Waals surface area contributed by atoms with E-state index in [1.54, 1.807) is 16.3 Å². The van der Waals surface area contributed by atoms with Gasteiger partial charge in [0, 0.05) is 31.9 Å². The maximum absolute atomic E-state index is 10.3. The number of fused-ring (bicyclic) bond motifs is 1. The van der Waals surface area contributed by atoms with E-state index in [0.717, 1.165) is 50.5 Å². The fourth-order valence-electron chi connectivity index (χ4n) is 3.35. The normalized spacial score (nSPS) is 15.3. The summed E-state index contributed by atoms with van der Waals surface area (Å²) in [4.78, 5) is 15.6. The predicted octanol–water partition coefficient (Wildman–Crippen LogP) is 1.55. The molecule has 3 aromatic rings. The number of aromatic nitrogens is 4. The van der Waals surface area contributed by atoms with Gasteiger partial charge < -0.3 is 21.1 Å². The maximum atomic E-state index is 10.3. The van der Waals surface area contributed by atoms with Gasteiger partial charge >= 0.3 is 0 Å². The molecule has 4 N–H and O–H groups in total. The Hall–Kier alpha value is -2.36. The number of nitrogen functional groups attached to an aromatic ring is 1. The van der Waals surface area contributed by atoms with Crippen LogP contribution in [0.1, 0.15) is 12.0 Å². The number of benzene rings is 1. The predicted molar refractivity (Wildman–Crippen MR) is 112 cm³/mol. The quantitative estimate of drug-likeness (QED) is 0.312. The molecule has 0 unspecified atom stereocenters. The molecule has 0 spiro atoms. The van der Waals surface area contributed by atoms with Crippen molar-refractivity contribution < 1.29 is 5.11 Å². The van der Waals surface area contributed by atoms with Gasteiger partial charge in [-0.15, -0.1) is 0 Å². The van der Waals surface area contributed by atoms with E-state index in [0.29, 0.717) is 28.7 Å². The van der Waals surface area contributed by atoms with Crippen molar-refractivity contribution in [2.45, 2.75) is 18.1 Å². The number of rotatable bonds is 7. The number of piperazine rings is 1. The van der Waals surface area contributed by atoms with Crippen LogP contribution in [0.3, 0.4) is 0 Å². The second kappa shape index (κ2) is 8.76. The van der Waals surface area contributed by atoms with Crippen molar-refractivity contribution in [3.8, 4) is 6.01 Å². The van der Waals surface area contributed by atoms with Gasteiger partial charge in [0.25, 0.3) is 6.01 Å². The van der Waals surface area contributed by atoms with Crippen molar-refractivity contribution >= 4 is 28.7 Å². The van der Waals surface area contributed by atoms with E-state index < -0.39 is 0 Å². The molecule has 8 nitrogen and oxygen atoms in total. The van der Waals surface area contributed by atoms with Crippen LogP contribution in [-0.4, -0.2) is 68.0 Å². The van der Waals surface area contributed by atoms with E-state index in [1.165, 1.54) is 0 Å². The first kappa shape index (κ1) is 19.0. The van der Waals surface area contributed by atoms with Crippen LogP contribution in [0.25, 0.3) is 11.2 Å². The molecular formula is C19H25N7OS. The van der Waals surface area contributed by atoms with E-state index in [2.05, 4.69) is 25.2 Å². The van der Waals surface area contributed by atoms with Gasteiger partial charge in [-0.1, -0.05) is 42.1 Å². The van der Waals surface area contributed by atoms with Crippen LogP contribution >= 0.6 is 11.8 Å². The van der Waals surface area contributed by atoms with Crippen LogP contribution in [0.15, 0.2) is 35.5 Å². The minimum absolute atomic E-state index is 0.0966. The number of imidazole rings is 1. The Kier molecular flexibility index (Phi) is 5.94. The molecule has 1 fully saturated rings. The highest BCUT2D eigenvalue weighted by Crippen LogP contribution is 2.26. The van der Waals surface area contributed by atoms with Crippen LogP contribution < -0.4 is 11.1 Å². The molecule has 0 saturated carbocycles. The highest BCUT2D eigenvalue weighted by atomic mass is 32.2. The molecule has 1 aliphatic heterocycles. The van der Waals surface area contributed by atoms with Gasteiger partial charge in [-0.3, -0.25) is 4.57 Å². The number of hydrogen-bond acceptors (Lipinski definition) is 8. The Morgan fingerprint density at radius 3 is 2.68 bits per heavy atom. The average Bonchev–Trinajstić information content (AvgIpc) is 3.03. The molecule has 9 heteroatoms. The Balaban J connectivity index is 1.46. The summed E-state index contributed by atoms with van der Waals surface area (Å²) in [5.74, 6) is 1.23. The molecule has 148 valence electrons. The molecule has 0 bridgehead atoms. The fourth-order valence-corrected chi connectivity index (χ4v) is 4.12. The Bertz CT molecular complexity index is 925. The number of nitrogens with one attached hydrogen (secondary N) is 1. The molecule has 0 atom stereocenters. The van der Waals surface area contributed by atoms with E-state index in [9.17, 15) is 5.11 Å². The second-order valence-corrected chi connectivity index (χ2v) is 7.90. The lowest BCUT2D eigenvalue weighted by Gasteiger charge is -2.26. The van der Waals surface area contributed by atoms with E-state index >= 15 is 0 Å². The third-order valence-corrected chi connectivity index (χ3v) is 5.76. The average molecular weight is 400 g/mol. The molecule has 3 heterocycles. The standard InChI is InChI=1S/C19H25N7OS/c20-16-15-17(26(19(27)22-15)13-14-5-2-1-3-6-14)24-18(23-16)28-12-4-9-25-10-7-21-8-11-25/h1-3,5-6,21H,4,7-13H2,(H,22,27)(H2,20,23,24). The summed E-state index contributed by atoms with van der Waals surface area (Å²) in [6.45, 7) is 5.92. The number of hydrogen-bond donors (Lipinski definition) is 3. The molecule has 0 radical (unpaired) electrons. The number of nitrogens with two attached hydrogens (primary N) is 1. The van der Waals surface area contributed by atoms with Crippen molar-refractivity contribution in [1.29, 1.82) is 0 Å². The first-order chi connectivity index (χ1) is 13.7. The topological polar surface area (TPSA) is 105 Å². The van der Waals surface area contributed by atoms with Crippen LogP contribution in [0, 0.1) is 0 Å². The van der Waals surface area contributed by atoms with Gasteiger partial charge in [0.1, 0.15) is 0 Å². The van der Waals surface area contributed by atoms with E-state index in [4.69, 9.17) is 5.73 Å². The minimum Gasteiger partial charge on any atom is -0.480 e. The zero-order chi connectivity index (χ0) is 19.3. The lowest BCUT2D eigenvalue weighted by atomic mass is 10.2. The van der Waals surface area contributed by atoms with Gasteiger partial charge in [-0.05, 0) is 18.5 Å². The van der Waals surface area contributed by atoms with Gasteiger partial charge in [-0.25, -0.2) is 9.97 Å². The Morgan fingerprint density at radius 1 is 1.11 bits per heavy atom. The van der Waals surface area contributed by atoms with Crippen molar-refractivity contribution in [2.75, 3.05) is 44.2 Å². The molecule has 28 heavy (non-hydrogen) atoms. The maximum Gasteiger partial charge on any atom is 0.296 e. The summed E-state index contributed by atoms with van der Waals surface area (Å²) >= 11 is 1.60. The van der Waals surface area contributed by atoms with Crippen molar-refractivity contribution in [3.05, 3.63) is 35.9 Å². The fraction of sp³-hybridized carbons (Fsp3) is 0.421. The first-order valence-corrected chi connectivity index (χ1v) is 10.5. The second-order valence-electron chi connectivity index (χ2n) is 6.84. The molecule has 1 aromatic carbocycles. The molecular weight excluding hydrogens is 374 g/mol. The van der Waals surface area contributed by atoms with Crippen molar-refractivity contribution in [3.63, 3.8) is 0 Å². The summed E-state index contributed by atoms with van der Waals surface area (Å²) in [6, 6.07) is 9.80. The summed E-state index contributed by atoms with van der Waals surface area (Å²) in [5.41, 5.74) is 8.15. The van der Waals surface area contributed by atoms with Gasteiger partial charge in [0.15, 0.2) is 22.1 Å². The number of nitrogens with zero attached hydrogens (tertiary/aromatic N) is 5. The third kappa shape index (κ3) is 4.37. The van der Waals surface area contributed by atoms with Crippen molar-refractivity contribution in [2.24, 2.45) is 0 Å². The van der Waals surface area contributed by atoms with Gasteiger partial charge in [0.2, 0.25) is 0 Å². The van der Waals surface area contributed by atoms with Gasteiger partial charge in [0.05, 0.1) is 6.54 Å². The summed E-state index contributed by atoms with van der Waals surface area (Å²) in [6.07, 6.45) is 1.07. The first-order valence-electron chi connectivity index (χ1n) is 9.53. The summed E-state index contributed by atoms with van der Waals surface area (Å²) in [7, 11) is 0. The molecule has 4 rings (SSSR count). The van der Waals surface area contributed by atoms with Crippen LogP contribution in [-0.2, 0) is 6.54 Å². The third-order valence-electron chi connectivity index (χ3n) is 4.82.